The predicted octanol–water partition coefficient (Wildman–Crippen LogP) is 5.20. The Morgan fingerprint density at radius 3 is 2.26 bits per heavy atom. The second kappa shape index (κ2) is 7.34. The molecular formula is C20H18O2S. The van der Waals surface area contributed by atoms with E-state index in [1.54, 1.807) is 0 Å². The van der Waals surface area contributed by atoms with E-state index in [1.165, 1.54) is 28.8 Å². The zero-order valence-electron chi connectivity index (χ0n) is 13.0. The molecule has 23 heavy (non-hydrogen) atoms. The van der Waals surface area contributed by atoms with E-state index in [-0.39, 0.29) is 5.97 Å². The first-order valence-corrected chi connectivity index (χ1v) is 8.69. The Kier molecular flexibility index (Phi) is 4.99. The fourth-order valence-electron chi connectivity index (χ4n) is 2.43. The number of carbonyl (C=O) groups is 1. The highest BCUT2D eigenvalue weighted by Gasteiger charge is 2.00. The lowest BCUT2D eigenvalue weighted by atomic mass is 10.1. The van der Waals surface area contributed by atoms with Crippen LogP contribution in [0, 0.1) is 0 Å². The molecule has 3 heteroatoms. The Balaban J connectivity index is 1.56. The molecule has 0 amide bonds. The van der Waals surface area contributed by atoms with Crippen LogP contribution in [0.4, 0.5) is 0 Å². The number of hydrogen-bond donors (Lipinski definition) is 0. The molecule has 0 fully saturated rings. The lowest BCUT2D eigenvalue weighted by molar-refractivity contribution is -0.131. The molecule has 0 spiro atoms. The number of fused-ring (bicyclic) bond motifs is 1. The third-order valence-corrected chi connectivity index (χ3v) is 4.61. The fraction of sp³-hybridized carbons (Fsp3) is 0.150. The molecule has 0 aromatic heterocycles. The van der Waals surface area contributed by atoms with E-state index in [1.807, 2.05) is 36.0 Å². The van der Waals surface area contributed by atoms with Crippen molar-refractivity contribution in [3.63, 3.8) is 0 Å². The van der Waals surface area contributed by atoms with Gasteiger partial charge >= 0.3 is 5.97 Å². The Labute approximate surface area is 140 Å². The van der Waals surface area contributed by atoms with E-state index in [0.717, 1.165) is 11.5 Å². The molecule has 0 bridgehead atoms. The number of hydrogen-bond acceptors (Lipinski definition) is 3. The molecule has 2 nitrogen and oxygen atoms in total. The second-order valence-electron chi connectivity index (χ2n) is 5.41. The maximum atomic E-state index is 10.9. The van der Waals surface area contributed by atoms with Crippen LogP contribution in [0.1, 0.15) is 18.1 Å². The van der Waals surface area contributed by atoms with E-state index in [2.05, 4.69) is 42.5 Å². The maximum Gasteiger partial charge on any atom is 0.308 e. The van der Waals surface area contributed by atoms with Gasteiger partial charge in [-0.1, -0.05) is 54.6 Å². The average Bonchev–Trinajstić information content (AvgIpc) is 2.56. The standard InChI is InChI=1S/C20H18O2S/c1-15(21)22-20-10-7-16(8-11-20)13-23-14-17-6-9-18-4-2-3-5-19(18)12-17/h2-12H,13-14H2,1H3. The molecule has 3 aromatic rings. The van der Waals surface area contributed by atoms with Gasteiger partial charge in [0.25, 0.3) is 0 Å². The molecule has 0 atom stereocenters. The summed E-state index contributed by atoms with van der Waals surface area (Å²) in [6, 6.07) is 22.7. The van der Waals surface area contributed by atoms with Crippen molar-refractivity contribution < 1.29 is 9.53 Å². The van der Waals surface area contributed by atoms with Crippen LogP contribution in [0.2, 0.25) is 0 Å². The smallest absolute Gasteiger partial charge is 0.308 e. The molecular weight excluding hydrogens is 304 g/mol. The van der Waals surface area contributed by atoms with Crippen LogP contribution in [0.25, 0.3) is 10.8 Å². The Morgan fingerprint density at radius 1 is 0.870 bits per heavy atom. The zero-order valence-corrected chi connectivity index (χ0v) is 13.8. The van der Waals surface area contributed by atoms with Crippen molar-refractivity contribution >= 4 is 28.5 Å². The molecule has 0 heterocycles. The number of carbonyl (C=O) groups excluding carboxylic acids is 1. The highest BCUT2D eigenvalue weighted by Crippen LogP contribution is 2.22. The lowest BCUT2D eigenvalue weighted by Gasteiger charge is -2.06. The lowest BCUT2D eigenvalue weighted by Crippen LogP contribution is -2.00. The van der Waals surface area contributed by atoms with Crippen molar-refractivity contribution in [2.24, 2.45) is 0 Å². The Bertz CT molecular complexity index is 809. The van der Waals surface area contributed by atoms with Crippen molar-refractivity contribution in [1.82, 2.24) is 0 Å². The highest BCUT2D eigenvalue weighted by molar-refractivity contribution is 7.97. The summed E-state index contributed by atoms with van der Waals surface area (Å²) in [6.07, 6.45) is 0. The van der Waals surface area contributed by atoms with Crippen molar-refractivity contribution in [1.29, 1.82) is 0 Å². The summed E-state index contributed by atoms with van der Waals surface area (Å²) in [6.45, 7) is 1.41. The first-order chi connectivity index (χ1) is 11.2. The SMILES string of the molecule is CC(=O)Oc1ccc(CSCc2ccc3ccccc3c2)cc1. The Morgan fingerprint density at radius 2 is 1.52 bits per heavy atom. The minimum Gasteiger partial charge on any atom is -0.427 e. The molecule has 3 rings (SSSR count). The summed E-state index contributed by atoms with van der Waals surface area (Å²) in [5, 5.41) is 2.57. The second-order valence-corrected chi connectivity index (χ2v) is 6.40. The molecule has 0 saturated heterocycles. The molecule has 0 radical (unpaired) electrons. The first-order valence-electron chi connectivity index (χ1n) is 7.53. The van der Waals surface area contributed by atoms with Gasteiger partial charge in [0.15, 0.2) is 0 Å². The minimum absolute atomic E-state index is 0.288. The van der Waals surface area contributed by atoms with Gasteiger partial charge in [0.05, 0.1) is 0 Å². The third kappa shape index (κ3) is 4.36. The van der Waals surface area contributed by atoms with Gasteiger partial charge in [-0.25, -0.2) is 0 Å². The monoisotopic (exact) mass is 322 g/mol. The topological polar surface area (TPSA) is 26.3 Å². The molecule has 3 aromatic carbocycles. The summed E-state index contributed by atoms with van der Waals surface area (Å²) in [7, 11) is 0. The van der Waals surface area contributed by atoms with Crippen LogP contribution >= 0.6 is 11.8 Å². The van der Waals surface area contributed by atoms with E-state index in [9.17, 15) is 4.79 Å². The van der Waals surface area contributed by atoms with E-state index >= 15 is 0 Å². The molecule has 0 aliphatic heterocycles. The molecule has 0 aliphatic carbocycles. The summed E-state index contributed by atoms with van der Waals surface area (Å²) >= 11 is 1.88. The van der Waals surface area contributed by atoms with Crippen LogP contribution in [0.15, 0.2) is 66.7 Å². The number of ether oxygens (including phenoxy) is 1. The van der Waals surface area contributed by atoms with Crippen molar-refractivity contribution in [3.05, 3.63) is 77.9 Å². The van der Waals surface area contributed by atoms with Gasteiger partial charge in [-0.2, -0.15) is 11.8 Å². The van der Waals surface area contributed by atoms with E-state index in [4.69, 9.17) is 4.74 Å². The molecule has 0 aliphatic rings. The van der Waals surface area contributed by atoms with Gasteiger partial charge < -0.3 is 4.74 Å². The van der Waals surface area contributed by atoms with Gasteiger partial charge in [-0.05, 0) is 34.0 Å². The number of esters is 1. The van der Waals surface area contributed by atoms with E-state index in [0.29, 0.717) is 5.75 Å². The minimum atomic E-state index is -0.288. The van der Waals surface area contributed by atoms with Gasteiger partial charge in [0.2, 0.25) is 0 Å². The van der Waals surface area contributed by atoms with Crippen molar-refractivity contribution in [3.8, 4) is 5.75 Å². The fourth-order valence-corrected chi connectivity index (χ4v) is 3.38. The van der Waals surface area contributed by atoms with Crippen LogP contribution < -0.4 is 4.74 Å². The van der Waals surface area contributed by atoms with Gasteiger partial charge in [-0.15, -0.1) is 0 Å². The third-order valence-electron chi connectivity index (χ3n) is 3.54. The Hall–Kier alpha value is -2.26. The molecule has 116 valence electrons. The molecule has 0 N–H and O–H groups in total. The van der Waals surface area contributed by atoms with Crippen molar-refractivity contribution in [2.75, 3.05) is 0 Å². The van der Waals surface area contributed by atoms with Crippen LogP contribution in [-0.2, 0) is 16.3 Å². The highest BCUT2D eigenvalue weighted by atomic mass is 32.2. The summed E-state index contributed by atoms with van der Waals surface area (Å²) in [4.78, 5) is 10.9. The quantitative estimate of drug-likeness (QED) is 0.477. The normalized spacial score (nSPS) is 10.7. The summed E-state index contributed by atoms with van der Waals surface area (Å²) < 4.78 is 5.04. The van der Waals surface area contributed by atoms with Crippen LogP contribution in [0.3, 0.4) is 0 Å². The summed E-state index contributed by atoms with van der Waals surface area (Å²) in [5.74, 6) is 2.23. The van der Waals surface area contributed by atoms with Gasteiger partial charge in [-0.3, -0.25) is 4.79 Å². The predicted molar refractivity (Wildman–Crippen MR) is 96.7 cm³/mol. The first kappa shape index (κ1) is 15.6. The number of rotatable bonds is 5. The largest absolute Gasteiger partial charge is 0.427 e. The average molecular weight is 322 g/mol. The zero-order chi connectivity index (χ0) is 16.1. The number of benzene rings is 3. The van der Waals surface area contributed by atoms with Gasteiger partial charge in [0, 0.05) is 18.4 Å². The van der Waals surface area contributed by atoms with Crippen molar-refractivity contribution in [2.45, 2.75) is 18.4 Å². The summed E-state index contributed by atoms with van der Waals surface area (Å²) in [5.41, 5.74) is 2.57. The van der Waals surface area contributed by atoms with Crippen LogP contribution in [0.5, 0.6) is 5.75 Å². The maximum absolute atomic E-state index is 10.9. The van der Waals surface area contributed by atoms with Gasteiger partial charge in [0.1, 0.15) is 5.75 Å². The van der Waals surface area contributed by atoms with Crippen LogP contribution in [-0.4, -0.2) is 5.97 Å². The molecule has 0 saturated carbocycles. The van der Waals surface area contributed by atoms with E-state index < -0.39 is 0 Å². The number of thioether (sulfide) groups is 1. The molecule has 0 unspecified atom stereocenters.